The minimum atomic E-state index is -4.59. The second kappa shape index (κ2) is 9.41. The number of piperidine rings is 1. The highest BCUT2D eigenvalue weighted by Gasteiger charge is 2.38. The molecule has 1 aliphatic heterocycles. The van der Waals surface area contributed by atoms with Crippen LogP contribution in [0.25, 0.3) is 11.3 Å². The van der Waals surface area contributed by atoms with Crippen molar-refractivity contribution < 1.29 is 31.4 Å². The predicted molar refractivity (Wildman–Crippen MR) is 109 cm³/mol. The number of hydrogen-bond donors (Lipinski definition) is 1. The van der Waals surface area contributed by atoms with E-state index in [1.54, 1.807) is 6.07 Å². The molecule has 0 radical (unpaired) electrons. The summed E-state index contributed by atoms with van der Waals surface area (Å²) < 4.78 is 76.6. The van der Waals surface area contributed by atoms with Crippen molar-refractivity contribution in [2.24, 2.45) is 5.92 Å². The van der Waals surface area contributed by atoms with E-state index in [-0.39, 0.29) is 29.0 Å². The summed E-state index contributed by atoms with van der Waals surface area (Å²) in [5.74, 6) is -1.59. The lowest BCUT2D eigenvalue weighted by molar-refractivity contribution is -0.147. The van der Waals surface area contributed by atoms with E-state index in [0.29, 0.717) is 23.4 Å². The topological polar surface area (TPSA) is 110 Å². The first-order valence-electron chi connectivity index (χ1n) is 10.1. The van der Waals surface area contributed by atoms with Gasteiger partial charge in [-0.15, -0.1) is 25.5 Å². The third-order valence-electron chi connectivity index (χ3n) is 5.18. The number of aliphatic hydroxyl groups is 1. The monoisotopic (exact) mass is 523 g/mol. The third-order valence-corrected chi connectivity index (χ3v) is 5.38. The van der Waals surface area contributed by atoms with E-state index >= 15 is 0 Å². The average Bonchev–Trinajstić information content (AvgIpc) is 3.43. The Kier molecular flexibility index (Phi) is 6.68. The number of nitrogens with zero attached hydrogens (tertiary/aromatic N) is 9. The van der Waals surface area contributed by atoms with Crippen molar-refractivity contribution in [2.45, 2.75) is 25.2 Å². The first-order chi connectivity index (χ1) is 16.5. The van der Waals surface area contributed by atoms with Gasteiger partial charge < -0.3 is 10.0 Å². The van der Waals surface area contributed by atoms with Crippen LogP contribution in [0.1, 0.15) is 24.5 Å². The maximum absolute atomic E-state index is 12.8. The summed E-state index contributed by atoms with van der Waals surface area (Å²) in [5, 5.41) is 29.4. The highest BCUT2D eigenvalue weighted by Crippen LogP contribution is 2.29. The van der Waals surface area contributed by atoms with Gasteiger partial charge in [0.1, 0.15) is 11.0 Å². The van der Waals surface area contributed by atoms with Crippen LogP contribution in [0.5, 0.6) is 0 Å². The van der Waals surface area contributed by atoms with E-state index < -0.39 is 24.0 Å². The van der Waals surface area contributed by atoms with Gasteiger partial charge in [-0.1, -0.05) is 11.6 Å². The van der Waals surface area contributed by atoms with Gasteiger partial charge in [0.2, 0.25) is 0 Å². The predicted octanol–water partition coefficient (Wildman–Crippen LogP) is 3.15. The van der Waals surface area contributed by atoms with Gasteiger partial charge in [-0.3, -0.25) is 0 Å². The summed E-state index contributed by atoms with van der Waals surface area (Å²) in [5.41, 5.74) is 0.0676. The van der Waals surface area contributed by atoms with E-state index in [1.807, 2.05) is 4.90 Å². The van der Waals surface area contributed by atoms with Crippen LogP contribution in [0.15, 0.2) is 24.3 Å². The summed E-state index contributed by atoms with van der Waals surface area (Å²) in [6.45, 7) is 1.46. The van der Waals surface area contributed by atoms with Crippen LogP contribution < -0.4 is 4.90 Å². The molecule has 1 fully saturated rings. The normalized spacial score (nSPS) is 15.5. The quantitative estimate of drug-likeness (QED) is 0.399. The molecule has 0 unspecified atom stereocenters. The van der Waals surface area contributed by atoms with Gasteiger partial charge in [-0.2, -0.15) is 40.5 Å². The van der Waals surface area contributed by atoms with Gasteiger partial charge in [0, 0.05) is 19.7 Å². The van der Waals surface area contributed by atoms with E-state index in [0.717, 1.165) is 17.4 Å². The van der Waals surface area contributed by atoms with Crippen LogP contribution in [0.3, 0.4) is 0 Å². The summed E-state index contributed by atoms with van der Waals surface area (Å²) in [7, 11) is 0. The molecule has 0 aliphatic carbocycles. The second-order valence-electron chi connectivity index (χ2n) is 7.54. The number of aliphatic hydroxyl groups excluding tert-OH is 1. The second-order valence-corrected chi connectivity index (χ2v) is 7.93. The number of fused-ring (bicyclic) bond motifs is 2. The fraction of sp³-hybridized carbons (Fsp3) is 0.444. The molecule has 0 saturated carbocycles. The zero-order valence-corrected chi connectivity index (χ0v) is 18.3. The van der Waals surface area contributed by atoms with Gasteiger partial charge in [0.05, 0.1) is 0 Å². The molecule has 0 spiro atoms. The number of aromatic nitrogens is 8. The van der Waals surface area contributed by atoms with Gasteiger partial charge in [0.15, 0.2) is 11.3 Å². The highest BCUT2D eigenvalue weighted by molar-refractivity contribution is 6.29. The summed E-state index contributed by atoms with van der Waals surface area (Å²) in [6, 6.07) is 5.76. The Morgan fingerprint density at radius 2 is 1.31 bits per heavy atom. The van der Waals surface area contributed by atoms with Crippen LogP contribution in [0, 0.1) is 5.92 Å². The third kappa shape index (κ3) is 5.37. The molecule has 188 valence electrons. The molecule has 1 aliphatic rings. The molecule has 35 heavy (non-hydrogen) atoms. The first-order valence-corrected chi connectivity index (χ1v) is 10.5. The molecule has 5 heterocycles. The molecular formula is C18H16ClF6N9O. The number of rotatable bonds is 2. The van der Waals surface area contributed by atoms with Crippen molar-refractivity contribution in [1.82, 2.24) is 39.6 Å². The molecule has 0 aromatic carbocycles. The van der Waals surface area contributed by atoms with Crippen molar-refractivity contribution in [2.75, 3.05) is 24.6 Å². The van der Waals surface area contributed by atoms with Crippen LogP contribution >= 0.6 is 11.6 Å². The summed E-state index contributed by atoms with van der Waals surface area (Å²) in [4.78, 5) is 1.91. The van der Waals surface area contributed by atoms with Crippen molar-refractivity contribution in [3.8, 4) is 0 Å². The van der Waals surface area contributed by atoms with Crippen LogP contribution in [-0.2, 0) is 12.4 Å². The number of anilines is 1. The molecule has 4 aromatic rings. The van der Waals surface area contributed by atoms with Crippen molar-refractivity contribution >= 4 is 28.7 Å². The molecule has 0 amide bonds. The molecule has 10 nitrogen and oxygen atoms in total. The van der Waals surface area contributed by atoms with Crippen molar-refractivity contribution in [1.29, 1.82) is 0 Å². The van der Waals surface area contributed by atoms with Crippen LogP contribution in [-0.4, -0.2) is 64.4 Å². The lowest BCUT2D eigenvalue weighted by Crippen LogP contribution is -2.35. The molecule has 0 bridgehead atoms. The van der Waals surface area contributed by atoms with Gasteiger partial charge >= 0.3 is 12.4 Å². The maximum atomic E-state index is 12.8. The Labute approximate surface area is 197 Å². The lowest BCUT2D eigenvalue weighted by Gasteiger charge is -2.31. The molecular weight excluding hydrogens is 508 g/mol. The van der Waals surface area contributed by atoms with Gasteiger partial charge in [-0.05, 0) is 43.0 Å². The number of alkyl halides is 6. The lowest BCUT2D eigenvalue weighted by atomic mass is 9.98. The fourth-order valence-electron chi connectivity index (χ4n) is 3.41. The van der Waals surface area contributed by atoms with Crippen LogP contribution in [0.4, 0.5) is 32.2 Å². The van der Waals surface area contributed by atoms with Crippen molar-refractivity contribution in [3.63, 3.8) is 0 Å². The maximum Gasteiger partial charge on any atom is 0.453 e. The minimum Gasteiger partial charge on any atom is -0.396 e. The Bertz CT molecular complexity index is 1310. The molecule has 1 N–H and O–H groups in total. The molecule has 17 heteroatoms. The minimum absolute atomic E-state index is 0.00160. The Morgan fingerprint density at radius 3 is 1.83 bits per heavy atom. The first kappa shape index (κ1) is 24.8. The Balaban J connectivity index is 0.000000179. The smallest absolute Gasteiger partial charge is 0.396 e. The summed E-state index contributed by atoms with van der Waals surface area (Å²) in [6.07, 6.45) is -7.58. The average molecular weight is 524 g/mol. The molecule has 4 aromatic heterocycles. The zero-order valence-electron chi connectivity index (χ0n) is 17.5. The molecule has 5 rings (SSSR count). The molecule has 1 saturated heterocycles. The standard InChI is InChI=1S/C12H14F3N5O.C6H2ClF3N4/c13-12(14,15)11-17-16-9-1-2-10(18-20(9)11)19-5-3-8(7-21)4-6-19;7-3-1-2-4-11-12-5(6(8,9)10)14(4)13-3/h1-2,8,21H,3-7H2;1-2H. The van der Waals surface area contributed by atoms with Gasteiger partial charge in [-0.25, -0.2) is 0 Å². The Hall–Kier alpha value is -3.27. The SMILES string of the molecule is FC(F)(F)c1nnc2ccc(Cl)nn12.OCC1CCN(c2ccc3nnc(C(F)(F)F)n3n2)CC1. The zero-order chi connectivity index (χ0) is 25.4. The van der Waals surface area contributed by atoms with E-state index in [9.17, 15) is 26.3 Å². The van der Waals surface area contributed by atoms with E-state index in [4.69, 9.17) is 16.7 Å². The largest absolute Gasteiger partial charge is 0.453 e. The fourth-order valence-corrected chi connectivity index (χ4v) is 3.55. The van der Waals surface area contributed by atoms with E-state index in [1.165, 1.54) is 18.2 Å². The summed E-state index contributed by atoms with van der Waals surface area (Å²) >= 11 is 5.44. The Morgan fingerprint density at radius 1 is 0.800 bits per heavy atom. The highest BCUT2D eigenvalue weighted by atomic mass is 35.5. The van der Waals surface area contributed by atoms with E-state index in [2.05, 4.69) is 30.6 Å². The molecule has 0 atom stereocenters. The van der Waals surface area contributed by atoms with Crippen molar-refractivity contribution in [3.05, 3.63) is 41.1 Å². The number of halogens is 7. The van der Waals surface area contributed by atoms with Gasteiger partial charge in [0.25, 0.3) is 11.6 Å². The number of hydrogen-bond acceptors (Lipinski definition) is 8. The van der Waals surface area contributed by atoms with Crippen LogP contribution in [0.2, 0.25) is 5.15 Å².